The van der Waals surface area contributed by atoms with Crippen molar-refractivity contribution in [1.82, 2.24) is 30.3 Å². The van der Waals surface area contributed by atoms with E-state index in [1.165, 1.54) is 6.07 Å². The fourth-order valence-electron chi connectivity index (χ4n) is 11.7. The quantitative estimate of drug-likeness (QED) is 0.188. The third-order valence-corrected chi connectivity index (χ3v) is 14.8. The Balaban J connectivity index is 0.791. The molecule has 4 aliphatic heterocycles. The van der Waals surface area contributed by atoms with Crippen molar-refractivity contribution in [2.45, 2.75) is 77.6 Å². The van der Waals surface area contributed by atoms with Crippen molar-refractivity contribution < 1.29 is 33.1 Å². The van der Waals surface area contributed by atoms with Gasteiger partial charge in [0.1, 0.15) is 29.8 Å². The predicted molar refractivity (Wildman–Crippen MR) is 250 cm³/mol. The predicted octanol–water partition coefficient (Wildman–Crippen LogP) is 5.23. The lowest BCUT2D eigenvalue weighted by atomic mass is 9.49. The summed E-state index contributed by atoms with van der Waals surface area (Å²) in [5, 5.41) is 15.8. The van der Waals surface area contributed by atoms with Gasteiger partial charge in [0.25, 0.3) is 17.7 Å². The van der Waals surface area contributed by atoms with Gasteiger partial charge in [-0.25, -0.2) is 4.39 Å². The van der Waals surface area contributed by atoms with E-state index in [9.17, 15) is 29.2 Å². The molecule has 3 aromatic carbocycles. The number of piperidine rings is 2. The fraction of sp³-hybridized carbons (Fsp3) is 0.471. The Bertz CT molecular complexity index is 2690. The van der Waals surface area contributed by atoms with Gasteiger partial charge in [-0.15, -0.1) is 0 Å². The highest BCUT2D eigenvalue weighted by Gasteiger charge is 2.64. The van der Waals surface area contributed by atoms with Crippen LogP contribution in [0.5, 0.6) is 5.75 Å². The van der Waals surface area contributed by atoms with Crippen molar-refractivity contribution in [2.24, 2.45) is 16.7 Å². The van der Waals surface area contributed by atoms with Gasteiger partial charge in [-0.2, -0.15) is 5.26 Å². The number of halogens is 1. The van der Waals surface area contributed by atoms with Crippen LogP contribution >= 0.6 is 0 Å². The summed E-state index contributed by atoms with van der Waals surface area (Å²) >= 11 is 0. The third-order valence-electron chi connectivity index (χ3n) is 14.8. The van der Waals surface area contributed by atoms with Crippen LogP contribution in [-0.4, -0.2) is 133 Å². The van der Waals surface area contributed by atoms with E-state index in [4.69, 9.17) is 4.74 Å². The summed E-state index contributed by atoms with van der Waals surface area (Å²) in [4.78, 5) is 79.4. The van der Waals surface area contributed by atoms with Crippen LogP contribution in [0.25, 0.3) is 10.9 Å². The summed E-state index contributed by atoms with van der Waals surface area (Å²) in [6, 6.07) is 18.4. The second kappa shape index (κ2) is 17.7. The molecule has 350 valence electrons. The first-order valence-corrected chi connectivity index (χ1v) is 23.3. The van der Waals surface area contributed by atoms with Gasteiger partial charge in [0.15, 0.2) is 0 Å². The van der Waals surface area contributed by atoms with Crippen LogP contribution in [0.15, 0.2) is 66.9 Å². The molecule has 1 aromatic heterocycles. The number of nitriles is 1. The normalized spacial score (nSPS) is 24.1. The standard InChI is InChI=1S/C51H58FN9O6/c1-50(2)48(51(3,4)49(50)67-41-15-10-32(26-53)43-36(41)8-7-19-54-43)56-44(63)31-9-13-39(38(52)24-31)58-20-17-30(18-21-58)27-59-22-23-60(29-34(59)28-57(5)6)33-11-12-35-37(25-33)47(66)61(46(35)65)40-14-16-42(62)55-45(40)64/h7-13,15,19,24-25,30,34,40,48-49H,14,16-18,20-23,27-29H2,1-6H3,(H,56,63)(H,55,62,64)/t34-,40?,48-,49-/m0/s1. The lowest BCUT2D eigenvalue weighted by Crippen LogP contribution is -2.74. The van der Waals surface area contributed by atoms with Gasteiger partial charge in [0, 0.05) is 98.0 Å². The van der Waals surface area contributed by atoms with Crippen LogP contribution in [0.1, 0.15) is 90.0 Å². The van der Waals surface area contributed by atoms with Gasteiger partial charge in [-0.3, -0.25) is 44.1 Å². The van der Waals surface area contributed by atoms with Gasteiger partial charge in [-0.1, -0.05) is 27.7 Å². The Kier molecular flexibility index (Phi) is 12.0. The molecule has 16 heteroatoms. The maximum Gasteiger partial charge on any atom is 0.262 e. The molecule has 1 unspecified atom stereocenters. The number of rotatable bonds is 11. The fourth-order valence-corrected chi connectivity index (χ4v) is 11.7. The molecule has 1 aliphatic carbocycles. The number of hydrogen-bond donors (Lipinski definition) is 2. The highest BCUT2D eigenvalue weighted by molar-refractivity contribution is 6.23. The number of piperazine rings is 1. The van der Waals surface area contributed by atoms with Crippen molar-refractivity contribution in [2.75, 3.05) is 69.7 Å². The molecule has 5 amide bonds. The Morgan fingerprint density at radius 2 is 1.67 bits per heavy atom. The molecule has 0 bridgehead atoms. The number of benzene rings is 3. The van der Waals surface area contributed by atoms with E-state index in [0.717, 1.165) is 61.5 Å². The molecule has 4 aromatic rings. The monoisotopic (exact) mass is 911 g/mol. The minimum absolute atomic E-state index is 0.0681. The van der Waals surface area contributed by atoms with Crippen LogP contribution in [0.2, 0.25) is 0 Å². The SMILES string of the molecule is CN(C)C[C@H]1CN(c2ccc3c(c2)C(=O)N(C2CCC(=O)NC2=O)C3=O)CCN1CC1CCN(c2ccc(C(=O)N[C@H]3C(C)(C)[C@H](Oc4ccc(C#N)c5ncccc45)C3(C)C)cc2F)CC1. The molecule has 5 heterocycles. The highest BCUT2D eigenvalue weighted by atomic mass is 19.1. The van der Waals surface area contributed by atoms with Crippen LogP contribution in [-0.2, 0) is 9.59 Å². The second-order valence-electron chi connectivity index (χ2n) is 20.3. The maximum absolute atomic E-state index is 15.9. The summed E-state index contributed by atoms with van der Waals surface area (Å²) in [6.07, 6.45) is 3.35. The maximum atomic E-state index is 15.9. The molecule has 4 fully saturated rings. The number of nitrogens with zero attached hydrogens (tertiary/aromatic N) is 7. The minimum atomic E-state index is -1.01. The van der Waals surface area contributed by atoms with Crippen LogP contribution < -0.4 is 25.2 Å². The Labute approximate surface area is 390 Å². The molecular weight excluding hydrogens is 854 g/mol. The van der Waals surface area contributed by atoms with Crippen molar-refractivity contribution in [3.63, 3.8) is 0 Å². The van der Waals surface area contributed by atoms with E-state index in [1.54, 1.807) is 42.6 Å². The first kappa shape index (κ1) is 45.7. The Hall–Kier alpha value is -6.44. The number of likely N-dealkylation sites (N-methyl/N-ethyl adjacent to an activating group) is 1. The topological polar surface area (TPSA) is 172 Å². The summed E-state index contributed by atoms with van der Waals surface area (Å²) < 4.78 is 22.6. The number of nitrogens with one attached hydrogen (secondary N) is 2. The molecule has 0 radical (unpaired) electrons. The average molecular weight is 912 g/mol. The van der Waals surface area contributed by atoms with Gasteiger partial charge in [0.2, 0.25) is 11.8 Å². The molecule has 3 saturated heterocycles. The van der Waals surface area contributed by atoms with Crippen LogP contribution in [0.4, 0.5) is 15.8 Å². The van der Waals surface area contributed by atoms with Gasteiger partial charge >= 0.3 is 0 Å². The Morgan fingerprint density at radius 3 is 2.37 bits per heavy atom. The number of imide groups is 2. The molecule has 2 atom stereocenters. The first-order chi connectivity index (χ1) is 32.0. The van der Waals surface area contributed by atoms with Crippen molar-refractivity contribution in [3.05, 3.63) is 94.9 Å². The van der Waals surface area contributed by atoms with Crippen LogP contribution in [0.3, 0.4) is 0 Å². The molecule has 1 saturated carbocycles. The minimum Gasteiger partial charge on any atom is -0.488 e. The van der Waals surface area contributed by atoms with Crippen LogP contribution in [0, 0.1) is 33.9 Å². The molecule has 9 rings (SSSR count). The zero-order chi connectivity index (χ0) is 47.5. The van der Waals surface area contributed by atoms with E-state index >= 15 is 4.39 Å². The average Bonchev–Trinajstić information content (AvgIpc) is 3.55. The van der Waals surface area contributed by atoms with Crippen molar-refractivity contribution in [1.29, 1.82) is 5.26 Å². The second-order valence-corrected chi connectivity index (χ2v) is 20.3. The number of carbonyl (C=O) groups excluding carboxylic acids is 5. The van der Waals surface area contributed by atoms with E-state index in [2.05, 4.69) is 83.1 Å². The molecule has 15 nitrogen and oxygen atoms in total. The number of anilines is 2. The number of amides is 5. The number of pyridine rings is 1. The summed E-state index contributed by atoms with van der Waals surface area (Å²) in [5.41, 5.74) is 2.25. The number of fused-ring (bicyclic) bond motifs is 2. The molecule has 0 spiro atoms. The smallest absolute Gasteiger partial charge is 0.262 e. The largest absolute Gasteiger partial charge is 0.488 e. The van der Waals surface area contributed by atoms with Gasteiger partial charge < -0.3 is 24.8 Å². The molecule has 67 heavy (non-hydrogen) atoms. The summed E-state index contributed by atoms with van der Waals surface area (Å²) in [5.74, 6) is -1.79. The van der Waals surface area contributed by atoms with Gasteiger partial charge in [-0.05, 0) is 99.9 Å². The van der Waals surface area contributed by atoms with Crippen molar-refractivity contribution in [3.8, 4) is 11.8 Å². The molecule has 2 N–H and O–H groups in total. The number of hydrogen-bond acceptors (Lipinski definition) is 12. The number of ether oxygens (including phenoxy) is 1. The number of aromatic nitrogens is 1. The zero-order valence-electron chi connectivity index (χ0n) is 39.0. The van der Waals surface area contributed by atoms with E-state index in [0.29, 0.717) is 41.5 Å². The highest BCUT2D eigenvalue weighted by Crippen LogP contribution is 2.56. The summed E-state index contributed by atoms with van der Waals surface area (Å²) in [7, 11) is 4.12. The first-order valence-electron chi connectivity index (χ1n) is 23.3. The van der Waals surface area contributed by atoms with Crippen molar-refractivity contribution >= 4 is 51.8 Å². The van der Waals surface area contributed by atoms with E-state index < -0.39 is 46.3 Å². The third kappa shape index (κ3) is 8.37. The summed E-state index contributed by atoms with van der Waals surface area (Å²) in [6.45, 7) is 13.6. The lowest BCUT2D eigenvalue weighted by Gasteiger charge is -2.63. The molecule has 5 aliphatic rings. The van der Waals surface area contributed by atoms with E-state index in [1.807, 2.05) is 18.2 Å². The number of carbonyl (C=O) groups is 5. The molecular formula is C51H58FN9O6. The zero-order valence-corrected chi connectivity index (χ0v) is 39.0. The van der Waals surface area contributed by atoms with Gasteiger partial charge in [0.05, 0.1) is 27.9 Å². The van der Waals surface area contributed by atoms with E-state index in [-0.39, 0.29) is 53.6 Å². The lowest BCUT2D eigenvalue weighted by molar-refractivity contribution is -0.163. The Morgan fingerprint density at radius 1 is 0.925 bits per heavy atom.